The van der Waals surface area contributed by atoms with Crippen LogP contribution < -0.4 is 0 Å². The van der Waals surface area contributed by atoms with Gasteiger partial charge >= 0.3 is 0 Å². The second-order valence-corrected chi connectivity index (χ2v) is 14.6. The lowest BCUT2D eigenvalue weighted by molar-refractivity contribution is 0.881. The Labute approximate surface area is 306 Å². The van der Waals surface area contributed by atoms with Crippen molar-refractivity contribution in [2.45, 2.75) is 16.1 Å². The molecule has 3 nitrogen and oxygen atoms in total. The molecular weight excluding hydrogens is 651 g/mol. The Bertz CT molecular complexity index is 2800. The summed E-state index contributed by atoms with van der Waals surface area (Å²) in [4.78, 5) is 6.55. The number of fused-ring (bicyclic) bond motifs is 6. The zero-order valence-electron chi connectivity index (χ0n) is 28.1. The van der Waals surface area contributed by atoms with Crippen molar-refractivity contribution >= 4 is 33.6 Å². The van der Waals surface area contributed by atoms with Gasteiger partial charge in [-0.05, 0) is 82.4 Å². The number of aromatic nitrogens is 2. The van der Waals surface area contributed by atoms with Gasteiger partial charge in [0.05, 0.1) is 34.1 Å². The standard InChI is InChI=1S/C48H31N3S/c49-30-31-11-8-14-33(25-31)35-26-36(44-20-10-19-43(50-44)32-12-2-1-3-13-32)28-37(27-35)51-45-21-6-4-15-39(45)40-24-23-34(29-46(40)51)38-17-9-18-42-41-16-5-7-22-47(41)52-48(38)42/h1-29,41,47H. The summed E-state index contributed by atoms with van der Waals surface area (Å²) in [5.41, 5.74) is 13.8. The van der Waals surface area contributed by atoms with Gasteiger partial charge < -0.3 is 4.57 Å². The van der Waals surface area contributed by atoms with Gasteiger partial charge in [0.15, 0.2) is 0 Å². The average Bonchev–Trinajstić information content (AvgIpc) is 3.77. The van der Waals surface area contributed by atoms with Gasteiger partial charge in [0.25, 0.3) is 0 Å². The fourth-order valence-corrected chi connectivity index (χ4v) is 9.38. The summed E-state index contributed by atoms with van der Waals surface area (Å²) in [5, 5.41) is 12.6. The lowest BCUT2D eigenvalue weighted by Gasteiger charge is -2.15. The summed E-state index contributed by atoms with van der Waals surface area (Å²) in [6, 6.07) is 55.9. The molecule has 0 N–H and O–H groups in total. The van der Waals surface area contributed by atoms with Crippen LogP contribution in [0.2, 0.25) is 0 Å². The SMILES string of the molecule is N#Cc1cccc(-c2cc(-c3cccc(-c4ccccc4)n3)cc(-n3c4ccccc4c4ccc(-c5cccc6c5SC5C=CC=CC65)cc43)c2)c1. The number of rotatable bonds is 5. The Morgan fingerprint density at radius 1 is 0.558 bits per heavy atom. The number of allylic oxidation sites excluding steroid dienone is 3. The number of benzene rings is 6. The molecule has 0 saturated heterocycles. The van der Waals surface area contributed by atoms with Crippen molar-refractivity contribution in [1.29, 1.82) is 5.26 Å². The molecule has 52 heavy (non-hydrogen) atoms. The molecule has 2 unspecified atom stereocenters. The van der Waals surface area contributed by atoms with E-state index in [4.69, 9.17) is 4.98 Å². The molecule has 2 aliphatic rings. The van der Waals surface area contributed by atoms with E-state index in [-0.39, 0.29) is 0 Å². The topological polar surface area (TPSA) is 41.6 Å². The Kier molecular flexibility index (Phi) is 7.27. The van der Waals surface area contributed by atoms with E-state index in [1.165, 1.54) is 32.4 Å². The number of nitriles is 1. The first kappa shape index (κ1) is 30.4. The van der Waals surface area contributed by atoms with Crippen LogP contribution in [-0.4, -0.2) is 14.8 Å². The van der Waals surface area contributed by atoms with Gasteiger partial charge in [-0.3, -0.25) is 0 Å². The van der Waals surface area contributed by atoms with Gasteiger partial charge in [-0.1, -0.05) is 121 Å². The number of nitrogens with zero attached hydrogens (tertiary/aromatic N) is 3. The Hall–Kier alpha value is -6.41. The van der Waals surface area contributed by atoms with Crippen molar-refractivity contribution in [2.75, 3.05) is 0 Å². The Morgan fingerprint density at radius 3 is 2.21 bits per heavy atom. The molecule has 244 valence electrons. The van der Waals surface area contributed by atoms with Crippen LogP contribution in [0.3, 0.4) is 0 Å². The van der Waals surface area contributed by atoms with Crippen LogP contribution in [0.5, 0.6) is 0 Å². The van der Waals surface area contributed by atoms with Crippen LogP contribution in [0.1, 0.15) is 17.0 Å². The molecule has 2 aromatic heterocycles. The molecule has 0 bridgehead atoms. The van der Waals surface area contributed by atoms with Gasteiger partial charge in [0.2, 0.25) is 0 Å². The van der Waals surface area contributed by atoms with Gasteiger partial charge in [-0.2, -0.15) is 5.26 Å². The quantitative estimate of drug-likeness (QED) is 0.182. The molecule has 2 atom stereocenters. The third-order valence-electron chi connectivity index (χ3n) is 10.3. The molecule has 6 aromatic carbocycles. The molecule has 8 aromatic rings. The first-order chi connectivity index (χ1) is 25.7. The minimum atomic E-state index is 0.412. The van der Waals surface area contributed by atoms with Crippen molar-refractivity contribution in [3.05, 3.63) is 187 Å². The Morgan fingerprint density at radius 2 is 1.31 bits per heavy atom. The van der Waals surface area contributed by atoms with Crippen molar-refractivity contribution in [3.63, 3.8) is 0 Å². The molecule has 0 saturated carbocycles. The van der Waals surface area contributed by atoms with E-state index >= 15 is 0 Å². The maximum Gasteiger partial charge on any atom is 0.0991 e. The number of para-hydroxylation sites is 1. The van der Waals surface area contributed by atoms with E-state index < -0.39 is 0 Å². The lowest BCUT2D eigenvalue weighted by atomic mass is 9.90. The molecule has 1 aliphatic carbocycles. The van der Waals surface area contributed by atoms with E-state index in [1.807, 2.05) is 48.2 Å². The minimum absolute atomic E-state index is 0.412. The highest BCUT2D eigenvalue weighted by atomic mass is 32.2. The summed E-state index contributed by atoms with van der Waals surface area (Å²) in [7, 11) is 0. The van der Waals surface area contributed by atoms with Crippen LogP contribution in [0.4, 0.5) is 0 Å². The van der Waals surface area contributed by atoms with Crippen molar-refractivity contribution in [3.8, 4) is 56.5 Å². The Balaban J connectivity index is 1.20. The molecule has 4 heteroatoms. The third-order valence-corrected chi connectivity index (χ3v) is 11.8. The summed E-state index contributed by atoms with van der Waals surface area (Å²) in [5.74, 6) is 0.412. The molecule has 0 amide bonds. The van der Waals surface area contributed by atoms with Gasteiger partial charge in [0.1, 0.15) is 0 Å². The number of hydrogen-bond donors (Lipinski definition) is 0. The van der Waals surface area contributed by atoms with E-state index in [2.05, 4.69) is 150 Å². The maximum atomic E-state index is 9.79. The van der Waals surface area contributed by atoms with Crippen LogP contribution in [-0.2, 0) is 0 Å². The van der Waals surface area contributed by atoms with E-state index in [1.54, 1.807) is 0 Å². The zero-order valence-corrected chi connectivity index (χ0v) is 29.0. The van der Waals surface area contributed by atoms with Crippen LogP contribution in [0.15, 0.2) is 181 Å². The second-order valence-electron chi connectivity index (χ2n) is 13.4. The van der Waals surface area contributed by atoms with E-state index in [9.17, 15) is 5.26 Å². The minimum Gasteiger partial charge on any atom is -0.309 e. The number of thioether (sulfide) groups is 1. The highest BCUT2D eigenvalue weighted by Gasteiger charge is 2.32. The lowest BCUT2D eigenvalue weighted by Crippen LogP contribution is -2.06. The average molecular weight is 682 g/mol. The van der Waals surface area contributed by atoms with E-state index in [0.29, 0.717) is 16.7 Å². The van der Waals surface area contributed by atoms with Crippen LogP contribution in [0, 0.1) is 11.3 Å². The van der Waals surface area contributed by atoms with Crippen LogP contribution in [0.25, 0.3) is 72.3 Å². The second kappa shape index (κ2) is 12.4. The molecular formula is C48H31N3S. The predicted molar refractivity (Wildman–Crippen MR) is 216 cm³/mol. The van der Waals surface area contributed by atoms with E-state index in [0.717, 1.165) is 50.4 Å². The molecule has 1 aliphatic heterocycles. The van der Waals surface area contributed by atoms with Gasteiger partial charge in [0, 0.05) is 43.7 Å². The summed E-state index contributed by atoms with van der Waals surface area (Å²) >= 11 is 1.98. The zero-order chi connectivity index (χ0) is 34.6. The summed E-state index contributed by atoms with van der Waals surface area (Å²) < 4.78 is 2.40. The number of hydrogen-bond acceptors (Lipinski definition) is 3. The highest BCUT2D eigenvalue weighted by Crippen LogP contribution is 2.52. The normalized spacial score (nSPS) is 15.8. The van der Waals surface area contributed by atoms with Crippen molar-refractivity contribution in [2.24, 2.45) is 0 Å². The van der Waals surface area contributed by atoms with Crippen LogP contribution >= 0.6 is 11.8 Å². The van der Waals surface area contributed by atoms with Gasteiger partial charge in [-0.15, -0.1) is 11.8 Å². The fraction of sp³-hybridized carbons (Fsp3) is 0.0417. The summed E-state index contributed by atoms with van der Waals surface area (Å²) in [6.07, 6.45) is 9.04. The first-order valence-electron chi connectivity index (χ1n) is 17.6. The highest BCUT2D eigenvalue weighted by molar-refractivity contribution is 8.00. The number of pyridine rings is 1. The molecule has 0 spiro atoms. The fourth-order valence-electron chi connectivity index (χ4n) is 7.90. The smallest absolute Gasteiger partial charge is 0.0991 e. The molecule has 0 radical (unpaired) electrons. The first-order valence-corrected chi connectivity index (χ1v) is 18.5. The molecule has 0 fully saturated rings. The predicted octanol–water partition coefficient (Wildman–Crippen LogP) is 12.4. The monoisotopic (exact) mass is 681 g/mol. The third kappa shape index (κ3) is 5.09. The summed E-state index contributed by atoms with van der Waals surface area (Å²) in [6.45, 7) is 0. The molecule has 10 rings (SSSR count). The van der Waals surface area contributed by atoms with Crippen molar-refractivity contribution in [1.82, 2.24) is 9.55 Å². The molecule has 3 heterocycles. The van der Waals surface area contributed by atoms with Gasteiger partial charge in [-0.25, -0.2) is 4.98 Å². The maximum absolute atomic E-state index is 9.79. The largest absolute Gasteiger partial charge is 0.309 e. The van der Waals surface area contributed by atoms with Crippen molar-refractivity contribution < 1.29 is 0 Å².